The third kappa shape index (κ3) is 4.99. The molecule has 0 saturated carbocycles. The highest BCUT2D eigenvalue weighted by Crippen LogP contribution is 1.99. The van der Waals surface area contributed by atoms with Gasteiger partial charge < -0.3 is 16.2 Å². The molecule has 86 valence electrons. The zero-order valence-electron chi connectivity index (χ0n) is 8.89. The first-order valence-electron chi connectivity index (χ1n) is 4.98. The predicted molar refractivity (Wildman–Crippen MR) is 62.0 cm³/mol. The minimum atomic E-state index is -0.858. The number of aliphatic carboxylic acids is 1. The summed E-state index contributed by atoms with van der Waals surface area (Å²) in [6, 6.07) is 9.70. The summed E-state index contributed by atoms with van der Waals surface area (Å²) in [7, 11) is 0. The van der Waals surface area contributed by atoms with Gasteiger partial charge in [0, 0.05) is 6.54 Å². The van der Waals surface area contributed by atoms with Crippen LogP contribution in [0.5, 0.6) is 0 Å². The summed E-state index contributed by atoms with van der Waals surface area (Å²) in [4.78, 5) is 14.3. The first-order chi connectivity index (χ1) is 7.68. The van der Waals surface area contributed by atoms with Gasteiger partial charge in [0.25, 0.3) is 0 Å². The average molecular weight is 221 g/mol. The molecule has 5 nitrogen and oxygen atoms in total. The van der Waals surface area contributed by atoms with Crippen molar-refractivity contribution < 1.29 is 9.90 Å². The number of carbonyl (C=O) groups is 1. The highest BCUT2D eigenvalue weighted by molar-refractivity contribution is 5.78. The van der Waals surface area contributed by atoms with Crippen LogP contribution in [-0.4, -0.2) is 23.6 Å². The Morgan fingerprint density at radius 3 is 2.69 bits per heavy atom. The Kier molecular flexibility index (Phi) is 4.85. The number of aliphatic imine (C=N–C) groups is 1. The lowest BCUT2D eigenvalue weighted by Gasteiger charge is -2.03. The largest absolute Gasteiger partial charge is 0.481 e. The molecule has 0 atom stereocenters. The van der Waals surface area contributed by atoms with Gasteiger partial charge in [-0.15, -0.1) is 0 Å². The van der Waals surface area contributed by atoms with Gasteiger partial charge in [-0.2, -0.15) is 0 Å². The second-order valence-corrected chi connectivity index (χ2v) is 3.26. The van der Waals surface area contributed by atoms with E-state index in [9.17, 15) is 4.79 Å². The number of hydrogen-bond donors (Lipinski definition) is 3. The minimum absolute atomic E-state index is 0.0293. The molecule has 4 N–H and O–H groups in total. The minimum Gasteiger partial charge on any atom is -0.481 e. The highest BCUT2D eigenvalue weighted by Gasteiger charge is 1.96. The number of benzene rings is 1. The van der Waals surface area contributed by atoms with Crippen molar-refractivity contribution in [2.24, 2.45) is 10.7 Å². The Labute approximate surface area is 94.0 Å². The second kappa shape index (κ2) is 6.44. The third-order valence-electron chi connectivity index (χ3n) is 1.92. The Hall–Kier alpha value is -2.04. The van der Waals surface area contributed by atoms with E-state index in [0.29, 0.717) is 13.1 Å². The Morgan fingerprint density at radius 2 is 2.06 bits per heavy atom. The van der Waals surface area contributed by atoms with Crippen molar-refractivity contribution in [1.29, 1.82) is 0 Å². The van der Waals surface area contributed by atoms with Crippen molar-refractivity contribution in [3.63, 3.8) is 0 Å². The summed E-state index contributed by atoms with van der Waals surface area (Å²) in [5.74, 6) is -0.589. The summed E-state index contributed by atoms with van der Waals surface area (Å²) < 4.78 is 0. The third-order valence-corrected chi connectivity index (χ3v) is 1.92. The normalized spacial score (nSPS) is 11.1. The fraction of sp³-hybridized carbons (Fsp3) is 0.273. The molecule has 16 heavy (non-hydrogen) atoms. The fourth-order valence-electron chi connectivity index (χ4n) is 1.11. The topological polar surface area (TPSA) is 87.7 Å². The molecule has 0 amide bonds. The zero-order valence-corrected chi connectivity index (χ0v) is 8.89. The second-order valence-electron chi connectivity index (χ2n) is 3.26. The zero-order chi connectivity index (χ0) is 11.8. The molecule has 0 fully saturated rings. The summed E-state index contributed by atoms with van der Waals surface area (Å²) in [5, 5.41) is 11.1. The molecule has 0 spiro atoms. The van der Waals surface area contributed by atoms with Gasteiger partial charge in [0.05, 0.1) is 13.0 Å². The van der Waals surface area contributed by atoms with E-state index in [0.717, 1.165) is 5.56 Å². The van der Waals surface area contributed by atoms with Gasteiger partial charge in [-0.05, 0) is 5.56 Å². The number of rotatable bonds is 5. The molecule has 1 rings (SSSR count). The molecule has 1 aromatic carbocycles. The summed E-state index contributed by atoms with van der Waals surface area (Å²) in [6.07, 6.45) is 0.0293. The van der Waals surface area contributed by atoms with Crippen molar-refractivity contribution in [2.75, 3.05) is 6.54 Å². The Bertz CT molecular complexity index is 363. The number of nitrogens with one attached hydrogen (secondary N) is 1. The number of guanidine groups is 1. The van der Waals surface area contributed by atoms with E-state index in [1.54, 1.807) is 0 Å². The number of carboxylic acids is 1. The van der Waals surface area contributed by atoms with Gasteiger partial charge in [-0.3, -0.25) is 4.79 Å². The molecular formula is C11H15N3O2. The van der Waals surface area contributed by atoms with E-state index in [1.165, 1.54) is 0 Å². The molecule has 5 heteroatoms. The molecule has 0 aliphatic rings. The van der Waals surface area contributed by atoms with Crippen LogP contribution in [-0.2, 0) is 11.3 Å². The molecule has 0 saturated heterocycles. The lowest BCUT2D eigenvalue weighted by molar-refractivity contribution is -0.136. The summed E-state index contributed by atoms with van der Waals surface area (Å²) in [6.45, 7) is 0.784. The van der Waals surface area contributed by atoms with Gasteiger partial charge in [0.15, 0.2) is 5.96 Å². The molecule has 0 bridgehead atoms. The van der Waals surface area contributed by atoms with Gasteiger partial charge in [-0.25, -0.2) is 4.99 Å². The van der Waals surface area contributed by atoms with E-state index in [-0.39, 0.29) is 12.4 Å². The summed E-state index contributed by atoms with van der Waals surface area (Å²) >= 11 is 0. The monoisotopic (exact) mass is 221 g/mol. The van der Waals surface area contributed by atoms with Gasteiger partial charge in [-0.1, -0.05) is 30.3 Å². The molecule has 0 aliphatic carbocycles. The smallest absolute Gasteiger partial charge is 0.305 e. The molecule has 0 unspecified atom stereocenters. The molecule has 0 aliphatic heterocycles. The maximum Gasteiger partial charge on any atom is 0.305 e. The number of nitrogens with zero attached hydrogens (tertiary/aromatic N) is 1. The Morgan fingerprint density at radius 1 is 1.38 bits per heavy atom. The predicted octanol–water partition coefficient (Wildman–Crippen LogP) is 0.566. The van der Waals surface area contributed by atoms with E-state index in [2.05, 4.69) is 10.3 Å². The van der Waals surface area contributed by atoms with Crippen LogP contribution >= 0.6 is 0 Å². The first-order valence-corrected chi connectivity index (χ1v) is 4.98. The van der Waals surface area contributed by atoms with Crippen LogP contribution in [0.3, 0.4) is 0 Å². The van der Waals surface area contributed by atoms with E-state index >= 15 is 0 Å². The molecule has 0 radical (unpaired) electrons. The van der Waals surface area contributed by atoms with Gasteiger partial charge >= 0.3 is 5.97 Å². The molecule has 0 aromatic heterocycles. The standard InChI is InChI=1S/C11H15N3O2/c12-11(13-7-6-10(15)16)14-8-9-4-2-1-3-5-9/h1-5H,6-8H2,(H,15,16)(H3,12,13,14). The van der Waals surface area contributed by atoms with Crippen LogP contribution in [0, 0.1) is 0 Å². The van der Waals surface area contributed by atoms with E-state index < -0.39 is 5.97 Å². The van der Waals surface area contributed by atoms with E-state index in [4.69, 9.17) is 10.8 Å². The van der Waals surface area contributed by atoms with Crippen molar-refractivity contribution in [3.05, 3.63) is 35.9 Å². The molecule has 0 heterocycles. The van der Waals surface area contributed by atoms with Crippen molar-refractivity contribution >= 4 is 11.9 Å². The van der Waals surface area contributed by atoms with Crippen LogP contribution < -0.4 is 11.1 Å². The fourth-order valence-corrected chi connectivity index (χ4v) is 1.11. The van der Waals surface area contributed by atoms with Crippen LogP contribution in [0.4, 0.5) is 0 Å². The molecular weight excluding hydrogens is 206 g/mol. The SMILES string of the molecule is NC(=NCc1ccccc1)NCCC(=O)O. The maximum absolute atomic E-state index is 10.2. The maximum atomic E-state index is 10.2. The van der Waals surface area contributed by atoms with Gasteiger partial charge in [0.2, 0.25) is 0 Å². The number of carboxylic acid groups (broad SMARTS) is 1. The quantitative estimate of drug-likeness (QED) is 0.501. The first kappa shape index (κ1) is 12.0. The van der Waals surface area contributed by atoms with Crippen LogP contribution in [0.2, 0.25) is 0 Å². The van der Waals surface area contributed by atoms with Crippen molar-refractivity contribution in [1.82, 2.24) is 5.32 Å². The lowest BCUT2D eigenvalue weighted by Crippen LogP contribution is -2.33. The highest BCUT2D eigenvalue weighted by atomic mass is 16.4. The number of hydrogen-bond acceptors (Lipinski definition) is 2. The van der Waals surface area contributed by atoms with E-state index in [1.807, 2.05) is 30.3 Å². The van der Waals surface area contributed by atoms with Crippen LogP contribution in [0.1, 0.15) is 12.0 Å². The molecule has 1 aromatic rings. The summed E-state index contributed by atoms with van der Waals surface area (Å²) in [5.41, 5.74) is 6.61. The van der Waals surface area contributed by atoms with Crippen LogP contribution in [0.15, 0.2) is 35.3 Å². The van der Waals surface area contributed by atoms with Crippen molar-refractivity contribution in [3.8, 4) is 0 Å². The lowest BCUT2D eigenvalue weighted by atomic mass is 10.2. The van der Waals surface area contributed by atoms with Crippen molar-refractivity contribution in [2.45, 2.75) is 13.0 Å². The average Bonchev–Trinajstić information content (AvgIpc) is 2.27. The number of nitrogens with two attached hydrogens (primary N) is 1. The van der Waals surface area contributed by atoms with Gasteiger partial charge in [0.1, 0.15) is 0 Å². The Balaban J connectivity index is 2.31. The van der Waals surface area contributed by atoms with Crippen LogP contribution in [0.25, 0.3) is 0 Å².